The fourth-order valence-corrected chi connectivity index (χ4v) is 1.51. The van der Waals surface area contributed by atoms with Crippen LogP contribution >= 0.6 is 0 Å². The van der Waals surface area contributed by atoms with Crippen LogP contribution in [-0.4, -0.2) is 18.1 Å². The second kappa shape index (κ2) is 6.71. The van der Waals surface area contributed by atoms with Crippen LogP contribution in [0, 0.1) is 0 Å². The van der Waals surface area contributed by atoms with E-state index in [2.05, 4.69) is 9.72 Å². The van der Waals surface area contributed by atoms with Crippen LogP contribution in [0.4, 0.5) is 0 Å². The van der Waals surface area contributed by atoms with Crippen LogP contribution in [0.5, 0.6) is 0 Å². The Balaban J connectivity index is 0.00000162. The van der Waals surface area contributed by atoms with Gasteiger partial charge in [-0.05, 0) is 23.3 Å². The van der Waals surface area contributed by atoms with Gasteiger partial charge in [-0.3, -0.25) is 4.98 Å². The maximum Gasteiger partial charge on any atom is 0.372 e. The van der Waals surface area contributed by atoms with E-state index in [-0.39, 0.29) is 24.9 Å². The number of methoxy groups -OCH3 is 1. The van der Waals surface area contributed by atoms with E-state index in [1.165, 1.54) is 7.11 Å². The molecule has 5 heteroatoms. The van der Waals surface area contributed by atoms with Gasteiger partial charge < -0.3 is 17.1 Å². The third kappa shape index (κ3) is 3.53. The summed E-state index contributed by atoms with van der Waals surface area (Å²) in [6.07, 6.45) is 7.22. The minimum Gasteiger partial charge on any atom is -1.00 e. The van der Waals surface area contributed by atoms with Crippen molar-refractivity contribution in [1.82, 2.24) is 4.98 Å². The Morgan fingerprint density at radius 1 is 1.17 bits per heavy atom. The molecule has 0 amide bonds. The number of hydrogen-bond donors (Lipinski definition) is 0. The molecule has 0 N–H and O–H groups in total. The third-order valence-electron chi connectivity index (χ3n) is 2.44. The Hall–Kier alpha value is -1.94. The van der Waals surface area contributed by atoms with Gasteiger partial charge in [-0.2, -0.15) is 4.57 Å². The lowest BCUT2D eigenvalue weighted by atomic mass is 10.1. The molecule has 2 aromatic rings. The van der Waals surface area contributed by atoms with Gasteiger partial charge in [0.15, 0.2) is 12.4 Å². The van der Waals surface area contributed by atoms with Crippen LogP contribution in [-0.2, 0) is 16.1 Å². The first kappa shape index (κ1) is 14.1. The molecule has 0 atom stereocenters. The highest BCUT2D eigenvalue weighted by molar-refractivity contribution is 5.67. The van der Waals surface area contributed by atoms with Crippen molar-refractivity contribution in [3.63, 3.8) is 0 Å². The van der Waals surface area contributed by atoms with Crippen LogP contribution in [0.3, 0.4) is 0 Å². The Morgan fingerprint density at radius 2 is 1.72 bits per heavy atom. The van der Waals surface area contributed by atoms with E-state index in [0.29, 0.717) is 0 Å². The van der Waals surface area contributed by atoms with Crippen molar-refractivity contribution < 1.29 is 26.5 Å². The molecule has 4 nitrogen and oxygen atoms in total. The van der Waals surface area contributed by atoms with Gasteiger partial charge in [0.25, 0.3) is 0 Å². The average molecular weight is 265 g/mol. The number of carbonyl (C=O) groups is 1. The van der Waals surface area contributed by atoms with E-state index in [1.54, 1.807) is 17.0 Å². The summed E-state index contributed by atoms with van der Waals surface area (Å²) in [5.74, 6) is -0.258. The van der Waals surface area contributed by atoms with E-state index in [0.717, 1.165) is 11.1 Å². The first-order valence-electron chi connectivity index (χ1n) is 5.26. The molecule has 0 radical (unpaired) electrons. The monoisotopic (exact) mass is 264 g/mol. The summed E-state index contributed by atoms with van der Waals surface area (Å²) < 4.78 is 6.38. The standard InChI is InChI=1S/C13H13N2O2.ClH/c1-17-13(16)10-15-8-4-12(5-9-15)11-2-6-14-7-3-11;/h2-9H,10H2,1H3;1H/q+1;/p-1. The van der Waals surface area contributed by atoms with Crippen molar-refractivity contribution in [3.8, 4) is 11.1 Å². The predicted octanol–water partition coefficient (Wildman–Crippen LogP) is -1.79. The number of rotatable bonds is 3. The molecule has 0 aliphatic carbocycles. The molecule has 2 aromatic heterocycles. The highest BCUT2D eigenvalue weighted by atomic mass is 35.5. The van der Waals surface area contributed by atoms with Crippen LogP contribution in [0.2, 0.25) is 0 Å². The third-order valence-corrected chi connectivity index (χ3v) is 2.44. The zero-order valence-electron chi connectivity index (χ0n) is 9.91. The SMILES string of the molecule is COC(=O)C[n+]1ccc(-c2ccncc2)cc1.[Cl-]. The van der Waals surface area contributed by atoms with E-state index in [1.807, 2.05) is 36.7 Å². The zero-order valence-corrected chi connectivity index (χ0v) is 10.7. The average Bonchev–Trinajstić information content (AvgIpc) is 2.40. The second-order valence-electron chi connectivity index (χ2n) is 3.57. The number of pyridine rings is 2. The molecule has 0 fully saturated rings. The molecule has 94 valence electrons. The smallest absolute Gasteiger partial charge is 0.372 e. The van der Waals surface area contributed by atoms with E-state index in [9.17, 15) is 4.79 Å². The predicted molar refractivity (Wildman–Crippen MR) is 61.9 cm³/mol. The number of halogens is 1. The summed E-state index contributed by atoms with van der Waals surface area (Å²) >= 11 is 0. The molecule has 0 bridgehead atoms. The van der Waals surface area contributed by atoms with Crippen LogP contribution < -0.4 is 17.0 Å². The summed E-state index contributed by atoms with van der Waals surface area (Å²) in [6.45, 7) is 0.229. The van der Waals surface area contributed by atoms with Crippen LogP contribution in [0.15, 0.2) is 49.1 Å². The highest BCUT2D eigenvalue weighted by Gasteiger charge is 2.08. The number of nitrogens with zero attached hydrogens (tertiary/aromatic N) is 2. The maximum absolute atomic E-state index is 11.1. The first-order chi connectivity index (χ1) is 8.29. The summed E-state index contributed by atoms with van der Waals surface area (Å²) in [6, 6.07) is 7.80. The molecule has 18 heavy (non-hydrogen) atoms. The number of ether oxygens (including phenoxy) is 1. The molecule has 0 spiro atoms. The van der Waals surface area contributed by atoms with Crippen LogP contribution in [0.1, 0.15) is 0 Å². The fraction of sp³-hybridized carbons (Fsp3) is 0.154. The minimum atomic E-state index is -0.258. The number of carbonyl (C=O) groups excluding carboxylic acids is 1. The van der Waals surface area contributed by atoms with Gasteiger partial charge in [0, 0.05) is 24.5 Å². The van der Waals surface area contributed by atoms with Crippen molar-refractivity contribution in [2.24, 2.45) is 0 Å². The van der Waals surface area contributed by atoms with Gasteiger partial charge in [0.05, 0.1) is 7.11 Å². The Kier molecular flexibility index (Phi) is 5.27. The van der Waals surface area contributed by atoms with Crippen molar-refractivity contribution in [2.75, 3.05) is 7.11 Å². The van der Waals surface area contributed by atoms with Gasteiger partial charge in [-0.15, -0.1) is 0 Å². The molecule has 0 aliphatic heterocycles. The summed E-state index contributed by atoms with van der Waals surface area (Å²) in [5, 5.41) is 0. The maximum atomic E-state index is 11.1. The highest BCUT2D eigenvalue weighted by Crippen LogP contribution is 2.15. The molecule has 0 aromatic carbocycles. The van der Waals surface area contributed by atoms with E-state index >= 15 is 0 Å². The van der Waals surface area contributed by atoms with Gasteiger partial charge >= 0.3 is 5.97 Å². The lowest BCUT2D eigenvalue weighted by Crippen LogP contribution is -3.00. The quantitative estimate of drug-likeness (QED) is 0.486. The van der Waals surface area contributed by atoms with E-state index in [4.69, 9.17) is 0 Å². The van der Waals surface area contributed by atoms with Crippen molar-refractivity contribution in [1.29, 1.82) is 0 Å². The Labute approximate surface area is 112 Å². The molecule has 0 saturated heterocycles. The molecular weight excluding hydrogens is 252 g/mol. The van der Waals surface area contributed by atoms with Crippen LogP contribution in [0.25, 0.3) is 11.1 Å². The Morgan fingerprint density at radius 3 is 2.28 bits per heavy atom. The van der Waals surface area contributed by atoms with Crippen molar-refractivity contribution in [3.05, 3.63) is 49.1 Å². The fourth-order valence-electron chi connectivity index (χ4n) is 1.51. The molecule has 0 aliphatic rings. The minimum absolute atomic E-state index is 0. The molecule has 0 unspecified atom stereocenters. The number of esters is 1. The largest absolute Gasteiger partial charge is 1.00 e. The molecule has 2 rings (SSSR count). The number of hydrogen-bond acceptors (Lipinski definition) is 3. The topological polar surface area (TPSA) is 43.1 Å². The van der Waals surface area contributed by atoms with Crippen molar-refractivity contribution >= 4 is 5.97 Å². The van der Waals surface area contributed by atoms with Gasteiger partial charge in [-0.1, -0.05) is 0 Å². The lowest BCUT2D eigenvalue weighted by molar-refractivity contribution is -0.685. The second-order valence-corrected chi connectivity index (χ2v) is 3.57. The summed E-state index contributed by atoms with van der Waals surface area (Å²) in [7, 11) is 1.38. The lowest BCUT2D eigenvalue weighted by Gasteiger charge is -2.00. The zero-order chi connectivity index (χ0) is 12.1. The normalized spacial score (nSPS) is 9.39. The molecular formula is C13H13ClN2O2. The van der Waals surface area contributed by atoms with Gasteiger partial charge in [0.1, 0.15) is 0 Å². The number of aromatic nitrogens is 2. The Bertz CT molecular complexity index is 500. The van der Waals surface area contributed by atoms with Crippen molar-refractivity contribution in [2.45, 2.75) is 6.54 Å². The molecule has 0 saturated carbocycles. The van der Waals surface area contributed by atoms with E-state index < -0.39 is 0 Å². The summed E-state index contributed by atoms with van der Waals surface area (Å²) in [4.78, 5) is 15.1. The first-order valence-corrected chi connectivity index (χ1v) is 5.26. The molecule has 2 heterocycles. The van der Waals surface area contributed by atoms with Gasteiger partial charge in [-0.25, -0.2) is 4.79 Å². The van der Waals surface area contributed by atoms with Gasteiger partial charge in [0.2, 0.25) is 6.54 Å². The summed E-state index contributed by atoms with van der Waals surface area (Å²) in [5.41, 5.74) is 2.19.